The molecule has 0 aromatic heterocycles. The van der Waals surface area contributed by atoms with Gasteiger partial charge >= 0.3 is 0 Å². The van der Waals surface area contributed by atoms with Crippen molar-refractivity contribution in [3.8, 4) is 11.5 Å². The highest BCUT2D eigenvalue weighted by Gasteiger charge is 2.02. The molecule has 3 N–H and O–H groups in total. The zero-order valence-electron chi connectivity index (χ0n) is 14.9. The fraction of sp³-hybridized carbons (Fsp3) is 0.263. The first kappa shape index (κ1) is 19.1. The Morgan fingerprint density at radius 3 is 2.38 bits per heavy atom. The lowest BCUT2D eigenvalue weighted by Gasteiger charge is -2.10. The summed E-state index contributed by atoms with van der Waals surface area (Å²) < 4.78 is 10.6. The van der Waals surface area contributed by atoms with E-state index in [2.05, 4.69) is 16.0 Å². The third kappa shape index (κ3) is 6.72. The molecule has 0 unspecified atom stereocenters. The van der Waals surface area contributed by atoms with Crippen LogP contribution in [-0.2, 0) is 9.59 Å². The van der Waals surface area contributed by atoms with Crippen molar-refractivity contribution in [3.63, 3.8) is 0 Å². The normalized spacial score (nSPS) is 9.92. The van der Waals surface area contributed by atoms with Crippen LogP contribution in [0.25, 0.3) is 0 Å². The van der Waals surface area contributed by atoms with Gasteiger partial charge < -0.3 is 25.4 Å². The average molecular weight is 357 g/mol. The molecule has 0 heterocycles. The first-order valence-corrected chi connectivity index (χ1v) is 8.22. The van der Waals surface area contributed by atoms with Crippen molar-refractivity contribution >= 4 is 23.2 Å². The summed E-state index contributed by atoms with van der Waals surface area (Å²) in [5.74, 6) is 1.19. The quantitative estimate of drug-likeness (QED) is 0.599. The SMILES string of the molecule is COc1ccc(OCCNC(=O)CNc2cccc(NC(C)=O)c2)cc1. The molecule has 138 valence electrons. The van der Waals surface area contributed by atoms with Gasteiger partial charge in [-0.15, -0.1) is 0 Å². The van der Waals surface area contributed by atoms with Crippen molar-refractivity contribution in [3.05, 3.63) is 48.5 Å². The van der Waals surface area contributed by atoms with Gasteiger partial charge in [0, 0.05) is 18.3 Å². The molecule has 0 radical (unpaired) electrons. The number of hydrogen-bond donors (Lipinski definition) is 3. The summed E-state index contributed by atoms with van der Waals surface area (Å²) >= 11 is 0. The second-order valence-corrected chi connectivity index (χ2v) is 5.49. The molecule has 0 bridgehead atoms. The van der Waals surface area contributed by atoms with E-state index in [4.69, 9.17) is 9.47 Å². The van der Waals surface area contributed by atoms with Gasteiger partial charge in [0.25, 0.3) is 0 Å². The van der Waals surface area contributed by atoms with Crippen LogP contribution in [0.4, 0.5) is 11.4 Å². The van der Waals surface area contributed by atoms with E-state index in [0.717, 1.165) is 11.4 Å². The van der Waals surface area contributed by atoms with Crippen molar-refractivity contribution in [2.24, 2.45) is 0 Å². The molecule has 0 aliphatic carbocycles. The molecule has 0 saturated heterocycles. The lowest BCUT2D eigenvalue weighted by molar-refractivity contribution is -0.119. The number of anilines is 2. The lowest BCUT2D eigenvalue weighted by Crippen LogP contribution is -2.33. The van der Waals surface area contributed by atoms with Crippen LogP contribution >= 0.6 is 0 Å². The van der Waals surface area contributed by atoms with E-state index in [1.54, 1.807) is 25.3 Å². The fourth-order valence-electron chi connectivity index (χ4n) is 2.19. The Hall–Kier alpha value is -3.22. The van der Waals surface area contributed by atoms with Gasteiger partial charge in [0.1, 0.15) is 18.1 Å². The molecule has 0 spiro atoms. The van der Waals surface area contributed by atoms with Crippen molar-refractivity contribution in [2.75, 3.05) is 37.4 Å². The number of methoxy groups -OCH3 is 1. The molecule has 7 nitrogen and oxygen atoms in total. The summed E-state index contributed by atoms with van der Waals surface area (Å²) in [6.07, 6.45) is 0. The van der Waals surface area contributed by atoms with Crippen LogP contribution in [0.2, 0.25) is 0 Å². The van der Waals surface area contributed by atoms with Crippen LogP contribution in [0, 0.1) is 0 Å². The van der Waals surface area contributed by atoms with E-state index in [1.165, 1.54) is 6.92 Å². The maximum Gasteiger partial charge on any atom is 0.239 e. The van der Waals surface area contributed by atoms with E-state index in [9.17, 15) is 9.59 Å². The van der Waals surface area contributed by atoms with E-state index in [1.807, 2.05) is 30.3 Å². The Kier molecular flexibility index (Phi) is 7.30. The first-order chi connectivity index (χ1) is 12.6. The second-order valence-electron chi connectivity index (χ2n) is 5.49. The zero-order chi connectivity index (χ0) is 18.8. The molecule has 0 fully saturated rings. The molecule has 2 aromatic rings. The molecule has 0 aliphatic rings. The number of hydrogen-bond acceptors (Lipinski definition) is 5. The molecule has 0 aliphatic heterocycles. The molecule has 0 saturated carbocycles. The van der Waals surface area contributed by atoms with Gasteiger partial charge in [-0.3, -0.25) is 9.59 Å². The van der Waals surface area contributed by atoms with Gasteiger partial charge in [0.15, 0.2) is 0 Å². The number of benzene rings is 2. The van der Waals surface area contributed by atoms with Crippen molar-refractivity contribution < 1.29 is 19.1 Å². The summed E-state index contributed by atoms with van der Waals surface area (Å²) in [6, 6.07) is 14.4. The third-order valence-corrected chi connectivity index (χ3v) is 3.39. The predicted octanol–water partition coefficient (Wildman–Crippen LogP) is 2.26. The Bertz CT molecular complexity index is 732. The first-order valence-electron chi connectivity index (χ1n) is 8.22. The highest BCUT2D eigenvalue weighted by molar-refractivity contribution is 5.89. The molecular weight excluding hydrogens is 334 g/mol. The molecule has 26 heavy (non-hydrogen) atoms. The molecule has 0 atom stereocenters. The highest BCUT2D eigenvalue weighted by atomic mass is 16.5. The van der Waals surface area contributed by atoms with E-state index in [-0.39, 0.29) is 18.4 Å². The topological polar surface area (TPSA) is 88.7 Å². The van der Waals surface area contributed by atoms with Crippen molar-refractivity contribution in [1.82, 2.24) is 5.32 Å². The minimum atomic E-state index is -0.145. The summed E-state index contributed by atoms with van der Waals surface area (Å²) in [6.45, 7) is 2.35. The molecular formula is C19H23N3O4. The maximum atomic E-state index is 11.9. The minimum Gasteiger partial charge on any atom is -0.497 e. The van der Waals surface area contributed by atoms with Crippen LogP contribution in [0.1, 0.15) is 6.92 Å². The monoisotopic (exact) mass is 357 g/mol. The highest BCUT2D eigenvalue weighted by Crippen LogP contribution is 2.16. The number of amides is 2. The largest absolute Gasteiger partial charge is 0.497 e. The van der Waals surface area contributed by atoms with Gasteiger partial charge in [0.2, 0.25) is 11.8 Å². The number of rotatable bonds is 9. The Balaban J connectivity index is 1.66. The number of carbonyl (C=O) groups is 2. The average Bonchev–Trinajstić information content (AvgIpc) is 2.64. The zero-order valence-corrected chi connectivity index (χ0v) is 14.9. The predicted molar refractivity (Wildman–Crippen MR) is 101 cm³/mol. The molecule has 2 amide bonds. The van der Waals surface area contributed by atoms with Gasteiger partial charge in [0.05, 0.1) is 20.2 Å². The fourth-order valence-corrected chi connectivity index (χ4v) is 2.19. The molecule has 2 aromatic carbocycles. The van der Waals surface area contributed by atoms with Crippen LogP contribution in [0.5, 0.6) is 11.5 Å². The summed E-state index contributed by atoms with van der Waals surface area (Å²) in [5, 5.41) is 8.48. The van der Waals surface area contributed by atoms with E-state index < -0.39 is 0 Å². The van der Waals surface area contributed by atoms with Gasteiger partial charge in [-0.05, 0) is 42.5 Å². The minimum absolute atomic E-state index is 0.131. The van der Waals surface area contributed by atoms with Gasteiger partial charge in [-0.2, -0.15) is 0 Å². The summed E-state index contributed by atoms with van der Waals surface area (Å²) in [5.41, 5.74) is 1.43. The number of nitrogens with one attached hydrogen (secondary N) is 3. The summed E-state index contributed by atoms with van der Waals surface area (Å²) in [4.78, 5) is 22.9. The lowest BCUT2D eigenvalue weighted by atomic mass is 10.2. The van der Waals surface area contributed by atoms with Gasteiger partial charge in [-0.1, -0.05) is 6.07 Å². The molecule has 2 rings (SSSR count). The van der Waals surface area contributed by atoms with E-state index in [0.29, 0.717) is 24.6 Å². The smallest absolute Gasteiger partial charge is 0.239 e. The van der Waals surface area contributed by atoms with Crippen molar-refractivity contribution in [1.29, 1.82) is 0 Å². The van der Waals surface area contributed by atoms with Crippen LogP contribution < -0.4 is 25.4 Å². The van der Waals surface area contributed by atoms with Gasteiger partial charge in [-0.25, -0.2) is 0 Å². The molecule has 7 heteroatoms. The number of carbonyl (C=O) groups excluding carboxylic acids is 2. The Morgan fingerprint density at radius 2 is 1.69 bits per heavy atom. The standard InChI is InChI=1S/C19H23N3O4/c1-14(23)22-16-5-3-4-15(12-16)21-13-19(24)20-10-11-26-18-8-6-17(25-2)7-9-18/h3-9,12,21H,10-11,13H2,1-2H3,(H,20,24)(H,22,23). The third-order valence-electron chi connectivity index (χ3n) is 3.39. The second kappa shape index (κ2) is 9.93. The van der Waals surface area contributed by atoms with Crippen LogP contribution in [0.15, 0.2) is 48.5 Å². The van der Waals surface area contributed by atoms with Crippen LogP contribution in [-0.4, -0.2) is 38.6 Å². The van der Waals surface area contributed by atoms with E-state index >= 15 is 0 Å². The van der Waals surface area contributed by atoms with Crippen LogP contribution in [0.3, 0.4) is 0 Å². The Morgan fingerprint density at radius 1 is 1.00 bits per heavy atom. The number of ether oxygens (including phenoxy) is 2. The van der Waals surface area contributed by atoms with Crippen molar-refractivity contribution in [2.45, 2.75) is 6.92 Å². The maximum absolute atomic E-state index is 11.9. The summed E-state index contributed by atoms with van der Waals surface area (Å²) in [7, 11) is 1.61. The Labute approximate surface area is 152 Å².